The second-order valence-electron chi connectivity index (χ2n) is 6.06. The van der Waals surface area contributed by atoms with Gasteiger partial charge in [0.2, 0.25) is 0 Å². The Labute approximate surface area is 126 Å². The van der Waals surface area contributed by atoms with Gasteiger partial charge in [-0.1, -0.05) is 13.8 Å². The molecule has 0 spiro atoms. The van der Waals surface area contributed by atoms with E-state index in [-0.39, 0.29) is 0 Å². The average molecular weight is 293 g/mol. The second kappa shape index (κ2) is 7.02. The van der Waals surface area contributed by atoms with Gasteiger partial charge in [-0.05, 0) is 20.0 Å². The summed E-state index contributed by atoms with van der Waals surface area (Å²) in [5.41, 5.74) is 3.70. The number of nitrogens with zero attached hydrogens (tertiary/aromatic N) is 4. The molecule has 0 saturated carbocycles. The van der Waals surface area contributed by atoms with Crippen LogP contribution >= 0.6 is 0 Å². The lowest BCUT2D eigenvalue weighted by Crippen LogP contribution is -2.52. The molecule has 4 N–H and O–H groups in total. The van der Waals surface area contributed by atoms with Gasteiger partial charge in [-0.25, -0.2) is 15.8 Å². The van der Waals surface area contributed by atoms with Crippen LogP contribution in [0.5, 0.6) is 0 Å². The molecule has 1 saturated heterocycles. The van der Waals surface area contributed by atoms with Crippen LogP contribution in [0.25, 0.3) is 0 Å². The van der Waals surface area contributed by atoms with E-state index in [0.29, 0.717) is 17.8 Å². The topological polar surface area (TPSA) is 82.3 Å². The Morgan fingerprint density at radius 1 is 1.29 bits per heavy atom. The molecule has 0 bridgehead atoms. The summed E-state index contributed by atoms with van der Waals surface area (Å²) in [6.07, 6.45) is 1.54. The van der Waals surface area contributed by atoms with Crippen LogP contribution in [0.1, 0.15) is 25.3 Å². The number of aromatic nitrogens is 2. The van der Waals surface area contributed by atoms with Crippen molar-refractivity contribution in [3.63, 3.8) is 0 Å². The Morgan fingerprint density at radius 2 is 2.00 bits per heavy atom. The lowest BCUT2D eigenvalue weighted by atomic mass is 10.0. The summed E-state index contributed by atoms with van der Waals surface area (Å²) in [7, 11) is 4.34. The summed E-state index contributed by atoms with van der Waals surface area (Å²) in [5, 5.41) is 3.48. The van der Waals surface area contributed by atoms with Crippen molar-refractivity contribution in [1.82, 2.24) is 19.8 Å². The van der Waals surface area contributed by atoms with E-state index in [4.69, 9.17) is 5.84 Å². The number of hydrogen-bond acceptors (Lipinski definition) is 7. The molecular formula is C14H27N7. The minimum atomic E-state index is 0.298. The lowest BCUT2D eigenvalue weighted by molar-refractivity contribution is 0.122. The maximum Gasteiger partial charge on any atom is 0.148 e. The highest BCUT2D eigenvalue weighted by Gasteiger charge is 2.23. The molecule has 1 aromatic rings. The van der Waals surface area contributed by atoms with Gasteiger partial charge in [-0.15, -0.1) is 0 Å². The third-order valence-corrected chi connectivity index (χ3v) is 4.08. The highest BCUT2D eigenvalue weighted by atomic mass is 15.3. The molecule has 1 aliphatic heterocycles. The molecule has 1 aromatic heterocycles. The first-order chi connectivity index (χ1) is 10.0. The molecule has 21 heavy (non-hydrogen) atoms. The van der Waals surface area contributed by atoms with Crippen LogP contribution < -0.4 is 16.6 Å². The van der Waals surface area contributed by atoms with E-state index in [2.05, 4.69) is 58.5 Å². The Bertz CT molecular complexity index is 463. The quantitative estimate of drug-likeness (QED) is 0.540. The van der Waals surface area contributed by atoms with E-state index in [1.54, 1.807) is 6.33 Å². The molecule has 7 nitrogen and oxygen atoms in total. The Balaban J connectivity index is 2.09. The maximum atomic E-state index is 5.55. The fraction of sp³-hybridized carbons (Fsp3) is 0.714. The number of rotatable bonds is 5. The maximum absolute atomic E-state index is 5.55. The van der Waals surface area contributed by atoms with Crippen LogP contribution in [-0.4, -0.2) is 66.1 Å². The van der Waals surface area contributed by atoms with Gasteiger partial charge in [0.05, 0.1) is 0 Å². The number of hydrazine groups is 1. The van der Waals surface area contributed by atoms with Crippen molar-refractivity contribution < 1.29 is 0 Å². The molecule has 0 amide bonds. The van der Waals surface area contributed by atoms with Crippen molar-refractivity contribution in [2.45, 2.75) is 25.8 Å². The predicted molar refractivity (Wildman–Crippen MR) is 86.3 cm³/mol. The summed E-state index contributed by atoms with van der Waals surface area (Å²) >= 11 is 0. The number of piperazine rings is 1. The van der Waals surface area contributed by atoms with Gasteiger partial charge in [0.15, 0.2) is 0 Å². The fourth-order valence-corrected chi connectivity index (χ4v) is 2.73. The molecule has 2 rings (SSSR count). The highest BCUT2D eigenvalue weighted by Crippen LogP contribution is 2.27. The van der Waals surface area contributed by atoms with Gasteiger partial charge in [0.25, 0.3) is 0 Å². The van der Waals surface area contributed by atoms with Gasteiger partial charge in [0.1, 0.15) is 18.0 Å². The molecule has 0 radical (unpaired) electrons. The van der Waals surface area contributed by atoms with Crippen molar-refractivity contribution in [2.24, 2.45) is 5.84 Å². The molecule has 0 aromatic carbocycles. The standard InChI is InChI=1S/C14H27N7/c1-10(2)12-13(17-9-18-14(12)19-15)16-7-11-8-20(3)5-6-21(11)4/h9-11H,5-8,15H2,1-4H3,(H2,16,17,18,19). The largest absolute Gasteiger partial charge is 0.368 e. The Morgan fingerprint density at radius 3 is 2.67 bits per heavy atom. The van der Waals surface area contributed by atoms with Gasteiger partial charge < -0.3 is 15.6 Å². The lowest BCUT2D eigenvalue weighted by Gasteiger charge is -2.38. The van der Waals surface area contributed by atoms with Gasteiger partial charge in [-0.2, -0.15) is 0 Å². The van der Waals surface area contributed by atoms with Crippen LogP contribution in [0.3, 0.4) is 0 Å². The van der Waals surface area contributed by atoms with E-state index >= 15 is 0 Å². The normalized spacial score (nSPS) is 20.8. The second-order valence-corrected chi connectivity index (χ2v) is 6.06. The predicted octanol–water partition coefficient (Wildman–Crippen LogP) is 0.543. The average Bonchev–Trinajstić information content (AvgIpc) is 2.47. The number of nitrogens with one attached hydrogen (secondary N) is 2. The highest BCUT2D eigenvalue weighted by molar-refractivity contribution is 5.58. The first-order valence-corrected chi connectivity index (χ1v) is 7.47. The van der Waals surface area contributed by atoms with Gasteiger partial charge >= 0.3 is 0 Å². The summed E-state index contributed by atoms with van der Waals surface area (Å²) in [6, 6.07) is 0.480. The van der Waals surface area contributed by atoms with Crippen LogP contribution in [0.15, 0.2) is 6.33 Å². The summed E-state index contributed by atoms with van der Waals surface area (Å²) in [6.45, 7) is 8.38. The number of nitrogen functional groups attached to an aromatic ring is 1. The zero-order chi connectivity index (χ0) is 15.4. The first-order valence-electron chi connectivity index (χ1n) is 7.47. The molecule has 1 aliphatic rings. The minimum absolute atomic E-state index is 0.298. The van der Waals surface area contributed by atoms with Crippen molar-refractivity contribution in [1.29, 1.82) is 0 Å². The summed E-state index contributed by atoms with van der Waals surface area (Å²) in [5.74, 6) is 7.41. The summed E-state index contributed by atoms with van der Waals surface area (Å²) in [4.78, 5) is 13.3. The number of likely N-dealkylation sites (N-methyl/N-ethyl adjacent to an activating group) is 2. The van der Waals surface area contributed by atoms with E-state index < -0.39 is 0 Å². The Kier molecular flexibility index (Phi) is 5.33. The van der Waals surface area contributed by atoms with E-state index in [1.165, 1.54) is 0 Å². The van der Waals surface area contributed by atoms with E-state index in [0.717, 1.165) is 37.6 Å². The SMILES string of the molecule is CC(C)c1c(NN)ncnc1NCC1CN(C)CCN1C. The van der Waals surface area contributed by atoms with Crippen LogP contribution in [0.2, 0.25) is 0 Å². The Hall–Kier alpha value is -1.44. The monoisotopic (exact) mass is 293 g/mol. The van der Waals surface area contributed by atoms with Crippen LogP contribution in [0, 0.1) is 0 Å². The number of nitrogens with two attached hydrogens (primary N) is 1. The molecular weight excluding hydrogens is 266 g/mol. The molecule has 0 aliphatic carbocycles. The van der Waals surface area contributed by atoms with Gasteiger partial charge in [-0.3, -0.25) is 4.90 Å². The number of hydrogen-bond donors (Lipinski definition) is 3. The third-order valence-electron chi connectivity index (χ3n) is 4.08. The van der Waals surface area contributed by atoms with E-state index in [9.17, 15) is 0 Å². The van der Waals surface area contributed by atoms with Crippen LogP contribution in [-0.2, 0) is 0 Å². The minimum Gasteiger partial charge on any atom is -0.368 e. The molecule has 7 heteroatoms. The third kappa shape index (κ3) is 3.81. The molecule has 2 heterocycles. The molecule has 118 valence electrons. The van der Waals surface area contributed by atoms with E-state index in [1.807, 2.05) is 0 Å². The van der Waals surface area contributed by atoms with Crippen LogP contribution in [0.4, 0.5) is 11.6 Å². The van der Waals surface area contributed by atoms with Crippen molar-refractivity contribution in [3.05, 3.63) is 11.9 Å². The number of anilines is 2. The molecule has 1 unspecified atom stereocenters. The molecule has 1 fully saturated rings. The fourth-order valence-electron chi connectivity index (χ4n) is 2.73. The van der Waals surface area contributed by atoms with Crippen molar-refractivity contribution >= 4 is 11.6 Å². The van der Waals surface area contributed by atoms with Crippen molar-refractivity contribution in [3.8, 4) is 0 Å². The summed E-state index contributed by atoms with van der Waals surface area (Å²) < 4.78 is 0. The molecule has 1 atom stereocenters. The van der Waals surface area contributed by atoms with Gasteiger partial charge in [0, 0.05) is 37.8 Å². The smallest absolute Gasteiger partial charge is 0.148 e. The zero-order valence-corrected chi connectivity index (χ0v) is 13.4. The van der Waals surface area contributed by atoms with Crippen molar-refractivity contribution in [2.75, 3.05) is 51.0 Å². The first kappa shape index (κ1) is 15.9. The zero-order valence-electron chi connectivity index (χ0n) is 13.4.